The number of carbonyl (C=O) groups is 2. The number of hydrogen-bond donors (Lipinski definition) is 4. The van der Waals surface area contributed by atoms with E-state index in [0.29, 0.717) is 12.1 Å². The number of carbonyl (C=O) groups excluding carboxylic acids is 2. The van der Waals surface area contributed by atoms with Crippen LogP contribution in [0, 0.1) is 0 Å². The number of rotatable bonds is 10. The molecule has 0 fully saturated rings. The van der Waals surface area contributed by atoms with Gasteiger partial charge in [-0.1, -0.05) is 54.6 Å². The van der Waals surface area contributed by atoms with Gasteiger partial charge in [0.1, 0.15) is 11.3 Å². The Balaban J connectivity index is 1.75. The summed E-state index contributed by atoms with van der Waals surface area (Å²) in [5.41, 5.74) is 2.42. The van der Waals surface area contributed by atoms with Gasteiger partial charge in [-0.3, -0.25) is 9.89 Å². The molecule has 0 aliphatic carbocycles. The van der Waals surface area contributed by atoms with Crippen molar-refractivity contribution < 1.29 is 24.5 Å². The van der Waals surface area contributed by atoms with Crippen molar-refractivity contribution in [3.8, 4) is 11.1 Å². The van der Waals surface area contributed by atoms with Gasteiger partial charge in [0, 0.05) is 12.5 Å². The van der Waals surface area contributed by atoms with Gasteiger partial charge in [0.05, 0.1) is 12.3 Å². The SMILES string of the molecule is CCOC(=O)[C@H](O)C[C@@H](Cc1ccc(-c2ccccc2)cc1)NC(=O)c1cc(C(C)(C)O)[nH]n1. The van der Waals surface area contributed by atoms with Gasteiger partial charge in [-0.2, -0.15) is 5.10 Å². The van der Waals surface area contributed by atoms with Gasteiger partial charge in [0.25, 0.3) is 5.91 Å². The highest BCUT2D eigenvalue weighted by Gasteiger charge is 2.26. The van der Waals surface area contributed by atoms with E-state index in [9.17, 15) is 19.8 Å². The van der Waals surface area contributed by atoms with Crippen LogP contribution in [0.3, 0.4) is 0 Å². The summed E-state index contributed by atoms with van der Waals surface area (Å²) in [5, 5.41) is 29.9. The molecule has 1 heterocycles. The van der Waals surface area contributed by atoms with Crippen LogP contribution < -0.4 is 5.32 Å². The minimum absolute atomic E-state index is 0.0201. The first-order valence-electron chi connectivity index (χ1n) is 11.3. The highest BCUT2D eigenvalue weighted by atomic mass is 16.5. The molecule has 0 saturated carbocycles. The Morgan fingerprint density at radius 2 is 1.74 bits per heavy atom. The molecule has 0 aliphatic heterocycles. The molecule has 8 heteroatoms. The average molecular weight is 466 g/mol. The van der Waals surface area contributed by atoms with E-state index in [2.05, 4.69) is 15.5 Å². The zero-order valence-corrected chi connectivity index (χ0v) is 19.6. The third-order valence-corrected chi connectivity index (χ3v) is 5.41. The maximum absolute atomic E-state index is 12.8. The van der Waals surface area contributed by atoms with Crippen molar-refractivity contribution in [2.24, 2.45) is 0 Å². The standard InChI is InChI=1S/C26H31N3O5/c1-4-34-25(32)22(30)15-20(27-24(31)21-16-23(29-28-21)26(2,3)33)14-17-10-12-19(13-11-17)18-8-6-5-7-9-18/h5-13,16,20,22,30,33H,4,14-15H2,1-3H3,(H,27,31)(H,28,29)/t20-,22-/m1/s1. The molecule has 3 rings (SSSR count). The lowest BCUT2D eigenvalue weighted by atomic mass is 9.97. The zero-order valence-electron chi connectivity index (χ0n) is 19.6. The number of esters is 1. The minimum atomic E-state index is -1.38. The maximum Gasteiger partial charge on any atom is 0.335 e. The van der Waals surface area contributed by atoms with Gasteiger partial charge in [-0.15, -0.1) is 0 Å². The number of benzene rings is 2. The molecule has 2 aromatic carbocycles. The van der Waals surface area contributed by atoms with Crippen LogP contribution >= 0.6 is 0 Å². The molecule has 34 heavy (non-hydrogen) atoms. The van der Waals surface area contributed by atoms with Gasteiger partial charge in [0.15, 0.2) is 6.10 Å². The number of aliphatic hydroxyl groups is 2. The molecule has 0 bridgehead atoms. The first kappa shape index (κ1) is 25.1. The van der Waals surface area contributed by atoms with Crippen molar-refractivity contribution in [2.45, 2.75) is 51.4 Å². The number of aromatic nitrogens is 2. The van der Waals surface area contributed by atoms with E-state index in [-0.39, 0.29) is 18.7 Å². The van der Waals surface area contributed by atoms with Crippen molar-refractivity contribution in [1.82, 2.24) is 15.5 Å². The topological polar surface area (TPSA) is 125 Å². The summed E-state index contributed by atoms with van der Waals surface area (Å²) in [7, 11) is 0. The first-order valence-corrected chi connectivity index (χ1v) is 11.3. The van der Waals surface area contributed by atoms with Crippen molar-refractivity contribution >= 4 is 11.9 Å². The fraction of sp³-hybridized carbons (Fsp3) is 0.346. The largest absolute Gasteiger partial charge is 0.464 e. The van der Waals surface area contributed by atoms with Crippen LogP contribution in [0.1, 0.15) is 48.9 Å². The fourth-order valence-corrected chi connectivity index (χ4v) is 3.56. The molecule has 180 valence electrons. The lowest BCUT2D eigenvalue weighted by Crippen LogP contribution is -2.41. The summed E-state index contributed by atoms with van der Waals surface area (Å²) in [6.45, 7) is 4.98. The van der Waals surface area contributed by atoms with E-state index in [4.69, 9.17) is 4.74 Å². The monoisotopic (exact) mass is 465 g/mol. The molecule has 0 aliphatic rings. The van der Waals surface area contributed by atoms with Gasteiger partial charge < -0.3 is 20.3 Å². The minimum Gasteiger partial charge on any atom is -0.464 e. The van der Waals surface area contributed by atoms with Crippen molar-refractivity contribution in [3.63, 3.8) is 0 Å². The summed E-state index contributed by atoms with van der Waals surface area (Å²) in [5.74, 6) is -1.21. The quantitative estimate of drug-likeness (QED) is 0.341. The maximum atomic E-state index is 12.8. The molecular formula is C26H31N3O5. The smallest absolute Gasteiger partial charge is 0.335 e. The third kappa shape index (κ3) is 6.76. The van der Waals surface area contributed by atoms with Gasteiger partial charge >= 0.3 is 5.97 Å². The average Bonchev–Trinajstić information content (AvgIpc) is 3.31. The van der Waals surface area contributed by atoms with Crippen LogP contribution in [-0.2, 0) is 21.6 Å². The number of aliphatic hydroxyl groups excluding tert-OH is 1. The summed E-state index contributed by atoms with van der Waals surface area (Å²) < 4.78 is 4.90. The molecule has 0 spiro atoms. The third-order valence-electron chi connectivity index (χ3n) is 5.41. The van der Waals surface area contributed by atoms with E-state index >= 15 is 0 Å². The molecular weight excluding hydrogens is 434 g/mol. The Kier molecular flexibility index (Phi) is 8.20. The second-order valence-electron chi connectivity index (χ2n) is 8.67. The Bertz CT molecular complexity index is 1090. The van der Waals surface area contributed by atoms with Crippen molar-refractivity contribution in [2.75, 3.05) is 6.61 Å². The Labute approximate surface area is 199 Å². The highest BCUT2D eigenvalue weighted by Crippen LogP contribution is 2.21. The van der Waals surface area contributed by atoms with E-state index in [1.54, 1.807) is 20.8 Å². The Morgan fingerprint density at radius 1 is 1.09 bits per heavy atom. The zero-order chi connectivity index (χ0) is 24.7. The summed E-state index contributed by atoms with van der Waals surface area (Å²) in [6, 6.07) is 18.8. The van der Waals surface area contributed by atoms with Gasteiger partial charge in [-0.25, -0.2) is 4.79 Å². The molecule has 0 unspecified atom stereocenters. The lowest BCUT2D eigenvalue weighted by molar-refractivity contribution is -0.153. The van der Waals surface area contributed by atoms with Crippen LogP contribution in [0.2, 0.25) is 0 Å². The number of nitrogens with zero attached hydrogens (tertiary/aromatic N) is 1. The lowest BCUT2D eigenvalue weighted by Gasteiger charge is -2.21. The van der Waals surface area contributed by atoms with Crippen LogP contribution in [0.5, 0.6) is 0 Å². The van der Waals surface area contributed by atoms with Crippen molar-refractivity contribution in [3.05, 3.63) is 77.6 Å². The molecule has 0 radical (unpaired) electrons. The van der Waals surface area contributed by atoms with Gasteiger partial charge in [-0.05, 0) is 49.9 Å². The number of amides is 1. The van der Waals surface area contributed by atoms with Crippen LogP contribution in [0.15, 0.2) is 60.7 Å². The van der Waals surface area contributed by atoms with Gasteiger partial charge in [0.2, 0.25) is 0 Å². The van der Waals surface area contributed by atoms with E-state index < -0.39 is 29.6 Å². The number of nitrogens with one attached hydrogen (secondary N) is 2. The Hall–Kier alpha value is -3.49. The number of ether oxygens (including phenoxy) is 1. The Morgan fingerprint density at radius 3 is 2.32 bits per heavy atom. The summed E-state index contributed by atoms with van der Waals surface area (Å²) in [6.07, 6.45) is -1.01. The van der Waals surface area contributed by atoms with E-state index in [1.807, 2.05) is 54.6 Å². The summed E-state index contributed by atoms with van der Waals surface area (Å²) >= 11 is 0. The van der Waals surface area contributed by atoms with Crippen LogP contribution in [0.4, 0.5) is 0 Å². The molecule has 0 saturated heterocycles. The molecule has 1 aromatic heterocycles. The second kappa shape index (κ2) is 11.1. The van der Waals surface area contributed by atoms with Crippen LogP contribution in [-0.4, -0.2) is 51.0 Å². The van der Waals surface area contributed by atoms with Crippen molar-refractivity contribution in [1.29, 1.82) is 0 Å². The number of aromatic amines is 1. The second-order valence-corrected chi connectivity index (χ2v) is 8.67. The van der Waals surface area contributed by atoms with E-state index in [0.717, 1.165) is 16.7 Å². The van der Waals surface area contributed by atoms with Crippen LogP contribution in [0.25, 0.3) is 11.1 Å². The molecule has 2 atom stereocenters. The summed E-state index contributed by atoms with van der Waals surface area (Å²) in [4.78, 5) is 24.8. The highest BCUT2D eigenvalue weighted by molar-refractivity contribution is 5.92. The molecule has 1 amide bonds. The number of hydrogen-bond acceptors (Lipinski definition) is 6. The fourth-order valence-electron chi connectivity index (χ4n) is 3.56. The van der Waals surface area contributed by atoms with E-state index in [1.165, 1.54) is 6.07 Å². The first-order chi connectivity index (χ1) is 16.2. The predicted octanol–water partition coefficient (Wildman–Crippen LogP) is 2.96. The molecule has 3 aromatic rings. The molecule has 8 nitrogen and oxygen atoms in total. The predicted molar refractivity (Wildman–Crippen MR) is 128 cm³/mol. The number of H-pyrrole nitrogens is 1. The normalized spacial score (nSPS) is 13.2. The molecule has 4 N–H and O–H groups in total.